The Morgan fingerprint density at radius 2 is 0.667 bits per heavy atom. The van der Waals surface area contributed by atoms with E-state index in [1.165, 1.54) is 143 Å². The number of piperazine rings is 2. The largest absolute Gasteiger partial charge is 0.508 e. The monoisotopic (exact) mass is 1400 g/mol. The summed E-state index contributed by atoms with van der Waals surface area (Å²) < 4.78 is 0. The minimum atomic E-state index is 0.158. The van der Waals surface area contributed by atoms with Crippen LogP contribution in [-0.2, 0) is 0 Å². The van der Waals surface area contributed by atoms with Crippen molar-refractivity contribution in [2.45, 2.75) is 134 Å². The fourth-order valence-electron chi connectivity index (χ4n) is 16.3. The Morgan fingerprint density at radius 3 is 1.02 bits per heavy atom. The van der Waals surface area contributed by atoms with Gasteiger partial charge >= 0.3 is 0 Å². The third-order valence-electron chi connectivity index (χ3n) is 22.3. The summed E-state index contributed by atoms with van der Waals surface area (Å²) in [7, 11) is 0. The summed E-state index contributed by atoms with van der Waals surface area (Å²) in [6, 6.07) is 85.0. The number of aliphatic hydroxyl groups is 3. The molecule has 2 saturated carbocycles. The van der Waals surface area contributed by atoms with Crippen LogP contribution in [-0.4, -0.2) is 139 Å². The highest BCUT2D eigenvalue weighted by Gasteiger charge is 2.33. The number of likely N-dealkylation sites (tertiary alicyclic amines) is 1. The van der Waals surface area contributed by atoms with Gasteiger partial charge in [-0.1, -0.05) is 195 Å². The lowest BCUT2D eigenvalue weighted by atomic mass is 9.85. The first-order valence-corrected chi connectivity index (χ1v) is 39.2. The van der Waals surface area contributed by atoms with E-state index in [-0.39, 0.29) is 25.6 Å². The number of piperidine rings is 1. The first kappa shape index (κ1) is 75.6. The summed E-state index contributed by atoms with van der Waals surface area (Å²) in [6.45, 7) is 16.4. The molecule has 548 valence electrons. The highest BCUT2D eigenvalue weighted by Crippen LogP contribution is 2.42. The number of aliphatic hydroxyl groups excluding tert-OH is 3. The lowest BCUT2D eigenvalue weighted by molar-refractivity contribution is 0.148. The molecule has 14 rings (SSSR count). The number of aromatic hydroxyl groups is 1. The molecule has 105 heavy (non-hydrogen) atoms. The molecular weight excluding hydrogens is 1290 g/mol. The zero-order valence-electron chi connectivity index (χ0n) is 62.3. The number of allylic oxidation sites excluding steroid dienone is 3. The lowest BCUT2D eigenvalue weighted by Crippen LogP contribution is -2.50. The van der Waals surface area contributed by atoms with Gasteiger partial charge in [0.25, 0.3) is 0 Å². The number of nitrogen functional groups attached to an aromatic ring is 2. The molecule has 0 unspecified atom stereocenters. The summed E-state index contributed by atoms with van der Waals surface area (Å²) in [5, 5.41) is 38.8. The number of hydrogen-bond acceptors (Lipinski definition) is 11. The number of phenolic OH excluding ortho intramolecular Hbond substituents is 1. The predicted octanol–water partition coefficient (Wildman–Crippen LogP) is 18.5. The van der Waals surface area contributed by atoms with Crippen molar-refractivity contribution in [3.8, 4) is 5.75 Å². The zero-order valence-corrected chi connectivity index (χ0v) is 62.3. The fourth-order valence-corrected chi connectivity index (χ4v) is 16.3. The summed E-state index contributed by atoms with van der Waals surface area (Å²) in [5.41, 5.74) is 35.4. The van der Waals surface area contributed by atoms with Gasteiger partial charge < -0.3 is 46.6 Å². The minimum Gasteiger partial charge on any atom is -0.508 e. The Morgan fingerprint density at radius 1 is 0.343 bits per heavy atom. The smallest absolute Gasteiger partial charge is 0.115 e. The van der Waals surface area contributed by atoms with Crippen LogP contribution in [0.4, 0.5) is 22.7 Å². The Hall–Kier alpha value is -9.04. The van der Waals surface area contributed by atoms with Crippen molar-refractivity contribution in [2.75, 3.05) is 107 Å². The van der Waals surface area contributed by atoms with Crippen molar-refractivity contribution in [3.63, 3.8) is 0 Å². The third-order valence-corrected chi connectivity index (χ3v) is 22.3. The molecule has 0 bridgehead atoms. The van der Waals surface area contributed by atoms with Gasteiger partial charge in [-0.3, -0.25) is 9.80 Å². The van der Waals surface area contributed by atoms with E-state index in [1.54, 1.807) is 12.1 Å². The summed E-state index contributed by atoms with van der Waals surface area (Å²) in [4.78, 5) is 13.0. The van der Waals surface area contributed by atoms with Crippen LogP contribution in [0.1, 0.15) is 172 Å². The van der Waals surface area contributed by atoms with Crippen molar-refractivity contribution < 1.29 is 20.4 Å². The Kier molecular flexibility index (Phi) is 27.6. The molecular formula is C94H113N7O4. The molecule has 11 heteroatoms. The highest BCUT2D eigenvalue weighted by molar-refractivity contribution is 6.01. The van der Waals surface area contributed by atoms with Crippen LogP contribution in [0.3, 0.4) is 0 Å². The number of rotatable bonds is 24. The summed E-state index contributed by atoms with van der Waals surface area (Å²) >= 11 is 0. The van der Waals surface area contributed by atoms with Gasteiger partial charge in [0, 0.05) is 113 Å². The fraction of sp³-hybridized carbons (Fsp3) is 0.362. The van der Waals surface area contributed by atoms with Crippen molar-refractivity contribution in [2.24, 2.45) is 0 Å². The Labute approximate surface area is 626 Å². The molecule has 0 spiro atoms. The molecule has 2 aliphatic carbocycles. The standard InChI is InChI=1S/C33H40N2O2.C31H36N2O.C30H37N3O/c36-25-7-12-32(26-8-3-1-4-9-26)33(28-15-19-31(37)20-16-28)27-13-17-30(18-14-27)35-23-21-34(22-24-35)29-10-5-2-6-11-29;32-28-14-12-27(13-15-28)31(30(7-4-22-34)25-5-2-1-3-6-25)26-10-8-23(9-11-26)24-18-20-33(21-19-24)29-16-17-29;1-23(2)32-18-20-33(21-19-32)28-16-12-26(13-17-28)30(25-10-14-27(31)15-11-25)29(9-6-22-34)24-7-4-3-5-8-24/h1,3-4,8-9,13-20,29,36-37H,2,5-7,10-12,21-25H2;1-3,5-6,8-15,24,29,34H,4,7,16-22,32H2;3-5,7-8,10-17,23,34H,6,9,18-22,31H2,1-2H3/b33-32+;31-30+;30-29-. The molecule has 0 amide bonds. The molecule has 9 aromatic carbocycles. The van der Waals surface area contributed by atoms with Gasteiger partial charge in [0.05, 0.1) is 0 Å². The van der Waals surface area contributed by atoms with Crippen LogP contribution in [0.5, 0.6) is 5.75 Å². The lowest BCUT2D eigenvalue weighted by Gasteiger charge is -2.41. The van der Waals surface area contributed by atoms with Gasteiger partial charge in [0.1, 0.15) is 5.75 Å². The average Bonchev–Trinajstić information content (AvgIpc) is 1.66. The molecule has 9 aromatic rings. The van der Waals surface area contributed by atoms with Crippen LogP contribution in [0.25, 0.3) is 33.4 Å². The van der Waals surface area contributed by atoms with Crippen molar-refractivity contribution in [3.05, 3.63) is 292 Å². The van der Waals surface area contributed by atoms with Gasteiger partial charge in [-0.2, -0.15) is 0 Å². The van der Waals surface area contributed by atoms with E-state index in [0.29, 0.717) is 18.4 Å². The van der Waals surface area contributed by atoms with Gasteiger partial charge in [-0.05, 0) is 260 Å². The number of nitrogens with zero attached hydrogens (tertiary/aromatic N) is 5. The maximum Gasteiger partial charge on any atom is 0.115 e. The second kappa shape index (κ2) is 38.3. The number of nitrogens with two attached hydrogens (primary N) is 2. The van der Waals surface area contributed by atoms with E-state index in [2.05, 4.69) is 214 Å². The Balaban J connectivity index is 0.000000148. The zero-order chi connectivity index (χ0) is 72.7. The average molecular weight is 1400 g/mol. The first-order valence-electron chi connectivity index (χ1n) is 39.2. The van der Waals surface area contributed by atoms with Crippen molar-refractivity contribution in [1.29, 1.82) is 0 Å². The summed E-state index contributed by atoms with van der Waals surface area (Å²) in [5.74, 6) is 0.929. The summed E-state index contributed by atoms with van der Waals surface area (Å²) in [6.07, 6.45) is 16.9. The second-order valence-corrected chi connectivity index (χ2v) is 29.6. The SMILES string of the molecule is CC(C)N1CCN(c2ccc(/C(=C(/CCCO)c3ccccc3)c3ccc(N)cc3)cc2)CC1.Nc1ccc(/C(=C(\CCCO)c2ccccc2)c2ccc(C3CCN(C4CC4)CC3)cc2)cc1.OCCC/C(=C(\c1ccc(O)cc1)c1ccc(N2CCN(C3CCCCC3)CC2)cc1)c1ccccc1. The molecule has 8 N–H and O–H groups in total. The van der Waals surface area contributed by atoms with Crippen LogP contribution < -0.4 is 21.3 Å². The molecule has 0 atom stereocenters. The Bertz CT molecular complexity index is 3990. The minimum absolute atomic E-state index is 0.158. The molecule has 5 aliphatic rings. The van der Waals surface area contributed by atoms with E-state index in [1.807, 2.05) is 48.5 Å². The van der Waals surface area contributed by atoms with Gasteiger partial charge in [-0.25, -0.2) is 0 Å². The molecule has 0 aromatic heterocycles. The van der Waals surface area contributed by atoms with Crippen molar-refractivity contribution >= 4 is 56.2 Å². The predicted molar refractivity (Wildman–Crippen MR) is 441 cm³/mol. The van der Waals surface area contributed by atoms with Crippen molar-refractivity contribution in [1.82, 2.24) is 14.7 Å². The normalized spacial score (nSPS) is 17.2. The van der Waals surface area contributed by atoms with E-state index >= 15 is 0 Å². The maximum absolute atomic E-state index is 9.93. The molecule has 3 heterocycles. The van der Waals surface area contributed by atoms with E-state index < -0.39 is 0 Å². The van der Waals surface area contributed by atoms with Crippen LogP contribution in [0, 0.1) is 0 Å². The highest BCUT2D eigenvalue weighted by atomic mass is 16.3. The van der Waals surface area contributed by atoms with E-state index in [0.717, 1.165) is 136 Å². The van der Waals surface area contributed by atoms with Gasteiger partial charge in [0.2, 0.25) is 0 Å². The molecule has 11 nitrogen and oxygen atoms in total. The molecule has 3 aliphatic heterocycles. The topological polar surface area (TPSA) is 149 Å². The van der Waals surface area contributed by atoms with Gasteiger partial charge in [-0.15, -0.1) is 0 Å². The number of phenols is 1. The molecule has 0 radical (unpaired) electrons. The number of hydrogen-bond donors (Lipinski definition) is 6. The van der Waals surface area contributed by atoms with E-state index in [9.17, 15) is 20.4 Å². The van der Waals surface area contributed by atoms with Crippen LogP contribution in [0.2, 0.25) is 0 Å². The molecule has 3 saturated heterocycles. The third kappa shape index (κ3) is 20.5. The second-order valence-electron chi connectivity index (χ2n) is 29.6. The van der Waals surface area contributed by atoms with Crippen LogP contribution in [0.15, 0.2) is 237 Å². The number of benzene rings is 9. The van der Waals surface area contributed by atoms with E-state index in [4.69, 9.17) is 11.5 Å². The first-order chi connectivity index (χ1) is 51.5. The van der Waals surface area contributed by atoms with Gasteiger partial charge in [0.15, 0.2) is 0 Å². The molecule has 5 fully saturated rings. The quantitative estimate of drug-likeness (QED) is 0.0254. The maximum atomic E-state index is 9.93. The number of anilines is 4. The van der Waals surface area contributed by atoms with Crippen LogP contribution >= 0.6 is 0 Å².